The van der Waals surface area contributed by atoms with Crippen LogP contribution in [0.15, 0.2) is 57.8 Å². The molecule has 0 saturated heterocycles. The highest BCUT2D eigenvalue weighted by Crippen LogP contribution is 2.17. The first kappa shape index (κ1) is 18.5. The van der Waals surface area contributed by atoms with Crippen LogP contribution in [0, 0.1) is 6.92 Å². The largest absolute Gasteiger partial charge is 0.455 e. The molecule has 8 nitrogen and oxygen atoms in total. The number of rotatable bonds is 5. The van der Waals surface area contributed by atoms with Crippen molar-refractivity contribution in [3.8, 4) is 11.4 Å². The highest BCUT2D eigenvalue weighted by atomic mass is 16.6. The zero-order valence-electron chi connectivity index (χ0n) is 16.0. The summed E-state index contributed by atoms with van der Waals surface area (Å²) in [5, 5.41) is 9.25. The first-order valence-electron chi connectivity index (χ1n) is 9.01. The van der Waals surface area contributed by atoms with Crippen molar-refractivity contribution < 1.29 is 14.1 Å². The molecule has 0 aliphatic rings. The monoisotopic (exact) mass is 390 g/mol. The maximum Gasteiger partial charge on any atom is 0.312 e. The predicted octanol–water partition coefficient (Wildman–Crippen LogP) is 2.58. The van der Waals surface area contributed by atoms with Gasteiger partial charge >= 0.3 is 5.97 Å². The lowest BCUT2D eigenvalue weighted by Gasteiger charge is -2.07. The Labute approximate surface area is 165 Å². The van der Waals surface area contributed by atoms with Gasteiger partial charge in [-0.15, -0.1) is 0 Å². The molecule has 2 aromatic heterocycles. The third-order valence-corrected chi connectivity index (χ3v) is 4.48. The van der Waals surface area contributed by atoms with E-state index in [2.05, 4.69) is 15.2 Å². The molecule has 4 rings (SSSR count). The van der Waals surface area contributed by atoms with E-state index < -0.39 is 5.97 Å². The molecule has 0 bridgehead atoms. The summed E-state index contributed by atoms with van der Waals surface area (Å²) in [7, 11) is 1.55. The second-order valence-corrected chi connectivity index (χ2v) is 6.64. The second kappa shape index (κ2) is 7.67. The summed E-state index contributed by atoms with van der Waals surface area (Å²) in [6.07, 6.45) is -0.0758. The number of ether oxygens (including phenoxy) is 1. The lowest BCUT2D eigenvalue weighted by atomic mass is 10.1. The fourth-order valence-corrected chi connectivity index (χ4v) is 2.97. The minimum absolute atomic E-state index is 0.0758. The molecule has 8 heteroatoms. The van der Waals surface area contributed by atoms with Crippen molar-refractivity contribution in [1.29, 1.82) is 0 Å². The minimum Gasteiger partial charge on any atom is -0.455 e. The Balaban J connectivity index is 1.45. The molecule has 0 radical (unpaired) electrons. The number of nitrogens with zero attached hydrogens (tertiary/aromatic N) is 4. The SMILES string of the molecule is Cc1ccc(-c2noc(COC(=O)Cc3nn(C)c(=O)c4ccccc34)n2)cc1. The number of benzene rings is 2. The third-order valence-electron chi connectivity index (χ3n) is 4.48. The average Bonchev–Trinajstić information content (AvgIpc) is 3.20. The number of carbonyl (C=O) groups is 1. The summed E-state index contributed by atoms with van der Waals surface area (Å²) in [4.78, 5) is 28.7. The van der Waals surface area contributed by atoms with Gasteiger partial charge in [-0.05, 0) is 13.0 Å². The molecule has 0 spiro atoms. The summed E-state index contributed by atoms with van der Waals surface area (Å²) < 4.78 is 11.6. The van der Waals surface area contributed by atoms with Gasteiger partial charge in [-0.1, -0.05) is 53.2 Å². The number of aromatic nitrogens is 4. The van der Waals surface area contributed by atoms with Crippen LogP contribution in [0.3, 0.4) is 0 Å². The van der Waals surface area contributed by atoms with Gasteiger partial charge in [-0.2, -0.15) is 10.1 Å². The van der Waals surface area contributed by atoms with E-state index in [0.717, 1.165) is 11.1 Å². The minimum atomic E-state index is -0.503. The number of hydrogen-bond acceptors (Lipinski definition) is 7. The van der Waals surface area contributed by atoms with Crippen LogP contribution in [0.2, 0.25) is 0 Å². The lowest BCUT2D eigenvalue weighted by Crippen LogP contribution is -2.22. The van der Waals surface area contributed by atoms with E-state index >= 15 is 0 Å². The van der Waals surface area contributed by atoms with Gasteiger partial charge in [0.15, 0.2) is 6.61 Å². The first-order valence-corrected chi connectivity index (χ1v) is 9.01. The molecule has 0 unspecified atom stereocenters. The number of fused-ring (bicyclic) bond motifs is 1. The molecule has 0 aliphatic carbocycles. The first-order chi connectivity index (χ1) is 14.0. The van der Waals surface area contributed by atoms with Crippen LogP contribution < -0.4 is 5.56 Å². The van der Waals surface area contributed by atoms with Crippen LogP contribution >= 0.6 is 0 Å². The highest BCUT2D eigenvalue weighted by molar-refractivity contribution is 5.86. The fraction of sp³-hybridized carbons (Fsp3) is 0.190. The smallest absolute Gasteiger partial charge is 0.312 e. The van der Waals surface area contributed by atoms with Crippen molar-refractivity contribution in [2.45, 2.75) is 20.0 Å². The molecule has 29 heavy (non-hydrogen) atoms. The Hall–Kier alpha value is -3.81. The van der Waals surface area contributed by atoms with Gasteiger partial charge in [-0.25, -0.2) is 4.68 Å². The molecular weight excluding hydrogens is 372 g/mol. The number of hydrogen-bond donors (Lipinski definition) is 0. The Morgan fingerprint density at radius 1 is 1.10 bits per heavy atom. The van der Waals surface area contributed by atoms with Crippen molar-refractivity contribution in [1.82, 2.24) is 19.9 Å². The van der Waals surface area contributed by atoms with Crippen LogP contribution in [-0.4, -0.2) is 25.9 Å². The van der Waals surface area contributed by atoms with E-state index in [0.29, 0.717) is 22.3 Å². The van der Waals surface area contributed by atoms with Crippen LogP contribution in [0.1, 0.15) is 17.1 Å². The predicted molar refractivity (Wildman–Crippen MR) is 105 cm³/mol. The molecule has 4 aromatic rings. The summed E-state index contributed by atoms with van der Waals surface area (Å²) in [5.41, 5.74) is 2.20. The van der Waals surface area contributed by atoms with E-state index in [9.17, 15) is 9.59 Å². The van der Waals surface area contributed by atoms with E-state index in [1.807, 2.05) is 31.2 Å². The molecule has 0 amide bonds. The normalized spacial score (nSPS) is 11.0. The molecule has 2 heterocycles. The Morgan fingerprint density at radius 3 is 2.59 bits per heavy atom. The Morgan fingerprint density at radius 2 is 1.83 bits per heavy atom. The van der Waals surface area contributed by atoms with Gasteiger partial charge < -0.3 is 9.26 Å². The molecule has 0 N–H and O–H groups in total. The van der Waals surface area contributed by atoms with Gasteiger partial charge in [0.2, 0.25) is 5.82 Å². The Kier molecular flexibility index (Phi) is 4.90. The maximum atomic E-state index is 12.3. The summed E-state index contributed by atoms with van der Waals surface area (Å²) >= 11 is 0. The zero-order valence-corrected chi connectivity index (χ0v) is 16.0. The van der Waals surface area contributed by atoms with Crippen molar-refractivity contribution in [2.24, 2.45) is 7.05 Å². The fourth-order valence-electron chi connectivity index (χ4n) is 2.97. The van der Waals surface area contributed by atoms with Gasteiger partial charge in [0.1, 0.15) is 0 Å². The van der Waals surface area contributed by atoms with E-state index in [-0.39, 0.29) is 24.5 Å². The number of aryl methyl sites for hydroxylation is 2. The van der Waals surface area contributed by atoms with Crippen molar-refractivity contribution in [3.05, 3.63) is 76.0 Å². The van der Waals surface area contributed by atoms with E-state index in [4.69, 9.17) is 9.26 Å². The molecular formula is C21H18N4O4. The second-order valence-electron chi connectivity index (χ2n) is 6.64. The zero-order chi connectivity index (χ0) is 20.4. The molecule has 0 fully saturated rings. The van der Waals surface area contributed by atoms with Crippen LogP contribution in [0.5, 0.6) is 0 Å². The summed E-state index contributed by atoms with van der Waals surface area (Å²) in [6, 6.07) is 14.7. The van der Waals surface area contributed by atoms with E-state index in [1.165, 1.54) is 4.68 Å². The maximum absolute atomic E-state index is 12.3. The molecule has 0 saturated carbocycles. The average molecular weight is 390 g/mol. The molecule has 0 atom stereocenters. The third kappa shape index (κ3) is 3.91. The van der Waals surface area contributed by atoms with Gasteiger partial charge in [0.25, 0.3) is 11.4 Å². The van der Waals surface area contributed by atoms with Gasteiger partial charge in [0, 0.05) is 18.0 Å². The van der Waals surface area contributed by atoms with Crippen LogP contribution in [0.4, 0.5) is 0 Å². The highest BCUT2D eigenvalue weighted by Gasteiger charge is 2.15. The number of carbonyl (C=O) groups excluding carboxylic acids is 1. The standard InChI is InChI=1S/C21H18N4O4/c1-13-7-9-14(10-8-13)20-22-18(29-24-20)12-28-19(26)11-17-15-5-3-4-6-16(15)21(27)25(2)23-17/h3-10H,11-12H2,1-2H3. The molecule has 2 aromatic carbocycles. The Bertz CT molecular complexity index is 1240. The topological polar surface area (TPSA) is 100 Å². The van der Waals surface area contributed by atoms with Crippen LogP contribution in [-0.2, 0) is 29.6 Å². The van der Waals surface area contributed by atoms with Gasteiger partial charge in [0.05, 0.1) is 17.5 Å². The van der Waals surface area contributed by atoms with Crippen molar-refractivity contribution in [3.63, 3.8) is 0 Å². The molecule has 146 valence electrons. The lowest BCUT2D eigenvalue weighted by molar-refractivity contribution is -0.144. The quantitative estimate of drug-likeness (QED) is 0.483. The summed E-state index contributed by atoms with van der Waals surface area (Å²) in [6.45, 7) is 1.86. The molecule has 0 aliphatic heterocycles. The summed E-state index contributed by atoms with van der Waals surface area (Å²) in [5.74, 6) is 0.130. The van der Waals surface area contributed by atoms with Crippen molar-refractivity contribution in [2.75, 3.05) is 0 Å². The van der Waals surface area contributed by atoms with Crippen LogP contribution in [0.25, 0.3) is 22.2 Å². The number of esters is 1. The van der Waals surface area contributed by atoms with E-state index in [1.54, 1.807) is 31.3 Å². The van der Waals surface area contributed by atoms with Crippen molar-refractivity contribution >= 4 is 16.7 Å². The van der Waals surface area contributed by atoms with Gasteiger partial charge in [-0.3, -0.25) is 9.59 Å².